The van der Waals surface area contributed by atoms with Gasteiger partial charge in [-0.2, -0.15) is 0 Å². The van der Waals surface area contributed by atoms with Crippen LogP contribution in [0.1, 0.15) is 0 Å². The lowest BCUT2D eigenvalue weighted by Crippen LogP contribution is -2.11. The van der Waals surface area contributed by atoms with Crippen molar-refractivity contribution in [1.29, 1.82) is 0 Å². The molecule has 0 heterocycles. The molecule has 3 nitrogen and oxygen atoms in total. The summed E-state index contributed by atoms with van der Waals surface area (Å²) in [5.74, 6) is -0.0135. The van der Waals surface area contributed by atoms with Gasteiger partial charge in [0, 0.05) is 11.0 Å². The van der Waals surface area contributed by atoms with Crippen molar-refractivity contribution in [2.75, 3.05) is 20.3 Å². The molecule has 0 atom stereocenters. The van der Waals surface area contributed by atoms with E-state index in [-0.39, 0.29) is 5.75 Å². The van der Waals surface area contributed by atoms with E-state index in [2.05, 4.69) is 15.9 Å². The molecule has 2 N–H and O–H groups in total. The number of rotatable bonds is 4. The second kappa shape index (κ2) is 5.17. The highest BCUT2D eigenvalue weighted by Crippen LogP contribution is 2.33. The van der Waals surface area contributed by atoms with Crippen LogP contribution in [-0.2, 0) is 0 Å². The number of methoxy groups -OCH3 is 1. The minimum absolute atomic E-state index is 0.0988. The molecule has 0 radical (unpaired) electrons. The van der Waals surface area contributed by atoms with Crippen LogP contribution in [0.15, 0.2) is 16.6 Å². The lowest BCUT2D eigenvalue weighted by Gasteiger charge is -2.10. The first kappa shape index (κ1) is 11.3. The summed E-state index contributed by atoms with van der Waals surface area (Å²) in [5.41, 5.74) is 5.27. The lowest BCUT2D eigenvalue weighted by atomic mass is 10.3. The van der Waals surface area contributed by atoms with Gasteiger partial charge in [-0.15, -0.1) is 0 Å². The van der Waals surface area contributed by atoms with E-state index >= 15 is 0 Å². The molecule has 0 fully saturated rings. The summed E-state index contributed by atoms with van der Waals surface area (Å²) in [4.78, 5) is 0. The van der Waals surface area contributed by atoms with Gasteiger partial charge < -0.3 is 15.2 Å². The van der Waals surface area contributed by atoms with Crippen molar-refractivity contribution >= 4 is 15.9 Å². The smallest absolute Gasteiger partial charge is 0.196 e. The van der Waals surface area contributed by atoms with E-state index in [4.69, 9.17) is 15.2 Å². The first-order valence-electron chi connectivity index (χ1n) is 4.05. The molecule has 0 unspecified atom stereocenters. The van der Waals surface area contributed by atoms with Gasteiger partial charge >= 0.3 is 0 Å². The Bertz CT molecular complexity index is 320. The minimum Gasteiger partial charge on any atom is -0.490 e. The Labute approximate surface area is 90.1 Å². The third kappa shape index (κ3) is 2.59. The molecule has 14 heavy (non-hydrogen) atoms. The van der Waals surface area contributed by atoms with Crippen molar-refractivity contribution in [3.8, 4) is 11.5 Å². The Morgan fingerprint density at radius 1 is 1.50 bits per heavy atom. The minimum atomic E-state index is -0.464. The molecular formula is C9H11BrFNO2. The van der Waals surface area contributed by atoms with Gasteiger partial charge in [-0.3, -0.25) is 0 Å². The third-order valence-corrected chi connectivity index (χ3v) is 2.01. The average Bonchev–Trinajstić information content (AvgIpc) is 2.14. The quantitative estimate of drug-likeness (QED) is 0.903. The van der Waals surface area contributed by atoms with Crippen LogP contribution in [0, 0.1) is 5.82 Å². The summed E-state index contributed by atoms with van der Waals surface area (Å²) in [7, 11) is 1.39. The molecule has 0 aliphatic rings. The molecule has 1 aromatic carbocycles. The maximum absolute atomic E-state index is 13.3. The normalized spacial score (nSPS) is 10.0. The molecule has 78 valence electrons. The molecular weight excluding hydrogens is 253 g/mol. The number of halogens is 2. The molecule has 0 saturated heterocycles. The molecule has 0 aliphatic carbocycles. The molecule has 0 bridgehead atoms. The molecule has 0 amide bonds. The number of ether oxygens (including phenoxy) is 2. The highest BCUT2D eigenvalue weighted by molar-refractivity contribution is 9.10. The highest BCUT2D eigenvalue weighted by atomic mass is 79.9. The topological polar surface area (TPSA) is 44.5 Å². The monoisotopic (exact) mass is 263 g/mol. The van der Waals surface area contributed by atoms with Gasteiger partial charge in [0.1, 0.15) is 6.61 Å². The maximum atomic E-state index is 13.3. The molecule has 0 aliphatic heterocycles. The van der Waals surface area contributed by atoms with Gasteiger partial charge in [-0.25, -0.2) is 4.39 Å². The van der Waals surface area contributed by atoms with Crippen molar-refractivity contribution in [1.82, 2.24) is 0 Å². The zero-order valence-electron chi connectivity index (χ0n) is 7.72. The van der Waals surface area contributed by atoms with Crippen molar-refractivity contribution < 1.29 is 13.9 Å². The van der Waals surface area contributed by atoms with Gasteiger partial charge in [-0.1, -0.05) is 15.9 Å². The second-order valence-electron chi connectivity index (χ2n) is 2.56. The summed E-state index contributed by atoms with van der Waals surface area (Å²) in [6.45, 7) is 0.698. The lowest BCUT2D eigenvalue weighted by molar-refractivity contribution is 0.294. The Balaban J connectivity index is 2.99. The molecule has 0 spiro atoms. The number of nitrogens with two attached hydrogens (primary N) is 1. The molecule has 0 saturated carbocycles. The standard InChI is InChI=1S/C9H11BrFNO2/c1-13-9-7(11)4-6(10)5-8(9)14-3-2-12/h4-5H,2-3,12H2,1H3. The van der Waals surface area contributed by atoms with Crippen LogP contribution in [0.3, 0.4) is 0 Å². The molecule has 5 heteroatoms. The summed E-state index contributed by atoms with van der Waals surface area (Å²) in [6, 6.07) is 2.95. The van der Waals surface area contributed by atoms with Gasteiger partial charge in [0.25, 0.3) is 0 Å². The van der Waals surface area contributed by atoms with Crippen LogP contribution in [0.2, 0.25) is 0 Å². The average molecular weight is 264 g/mol. The molecule has 0 aromatic heterocycles. The Hall–Kier alpha value is -0.810. The summed E-state index contributed by atoms with van der Waals surface area (Å²) in [5, 5.41) is 0. The van der Waals surface area contributed by atoms with E-state index in [9.17, 15) is 4.39 Å². The number of benzene rings is 1. The van der Waals surface area contributed by atoms with E-state index in [0.29, 0.717) is 23.4 Å². The summed E-state index contributed by atoms with van der Waals surface area (Å²) >= 11 is 3.16. The zero-order chi connectivity index (χ0) is 10.6. The van der Waals surface area contributed by atoms with E-state index in [1.807, 2.05) is 0 Å². The maximum Gasteiger partial charge on any atom is 0.196 e. The van der Waals surface area contributed by atoms with Gasteiger partial charge in [-0.05, 0) is 12.1 Å². The zero-order valence-corrected chi connectivity index (χ0v) is 9.30. The van der Waals surface area contributed by atoms with Crippen LogP contribution in [0.25, 0.3) is 0 Å². The molecule has 1 rings (SSSR count). The van der Waals surface area contributed by atoms with Crippen molar-refractivity contribution in [2.24, 2.45) is 5.73 Å². The second-order valence-corrected chi connectivity index (χ2v) is 3.47. The van der Waals surface area contributed by atoms with E-state index < -0.39 is 5.82 Å². The predicted molar refractivity (Wildman–Crippen MR) is 55.2 cm³/mol. The van der Waals surface area contributed by atoms with E-state index in [0.717, 1.165) is 0 Å². The van der Waals surface area contributed by atoms with Gasteiger partial charge in [0.2, 0.25) is 0 Å². The first-order valence-corrected chi connectivity index (χ1v) is 4.84. The number of hydrogen-bond acceptors (Lipinski definition) is 3. The fourth-order valence-corrected chi connectivity index (χ4v) is 1.42. The summed E-state index contributed by atoms with van der Waals surface area (Å²) < 4.78 is 24.0. The SMILES string of the molecule is COc1c(F)cc(Br)cc1OCCN. The van der Waals surface area contributed by atoms with Crippen LogP contribution < -0.4 is 15.2 Å². The fraction of sp³-hybridized carbons (Fsp3) is 0.333. The van der Waals surface area contributed by atoms with Crippen LogP contribution in [0.5, 0.6) is 11.5 Å². The van der Waals surface area contributed by atoms with Crippen molar-refractivity contribution in [2.45, 2.75) is 0 Å². The highest BCUT2D eigenvalue weighted by Gasteiger charge is 2.11. The van der Waals surface area contributed by atoms with Crippen LogP contribution >= 0.6 is 15.9 Å². The van der Waals surface area contributed by atoms with Crippen molar-refractivity contribution in [3.63, 3.8) is 0 Å². The first-order chi connectivity index (χ1) is 6.69. The van der Waals surface area contributed by atoms with Crippen LogP contribution in [0.4, 0.5) is 4.39 Å². The Morgan fingerprint density at radius 3 is 2.79 bits per heavy atom. The van der Waals surface area contributed by atoms with Crippen LogP contribution in [-0.4, -0.2) is 20.3 Å². The van der Waals surface area contributed by atoms with E-state index in [1.165, 1.54) is 13.2 Å². The largest absolute Gasteiger partial charge is 0.490 e. The molecule has 1 aromatic rings. The van der Waals surface area contributed by atoms with Gasteiger partial charge in [0.15, 0.2) is 17.3 Å². The Morgan fingerprint density at radius 2 is 2.21 bits per heavy atom. The van der Waals surface area contributed by atoms with Gasteiger partial charge in [0.05, 0.1) is 7.11 Å². The number of hydrogen-bond donors (Lipinski definition) is 1. The third-order valence-electron chi connectivity index (χ3n) is 1.55. The fourth-order valence-electron chi connectivity index (χ4n) is 1.01. The van der Waals surface area contributed by atoms with Crippen molar-refractivity contribution in [3.05, 3.63) is 22.4 Å². The predicted octanol–water partition coefficient (Wildman–Crippen LogP) is 1.93. The summed E-state index contributed by atoms with van der Waals surface area (Å²) in [6.07, 6.45) is 0. The Kier molecular flexibility index (Phi) is 4.16. The van der Waals surface area contributed by atoms with E-state index in [1.54, 1.807) is 6.07 Å².